The first kappa shape index (κ1) is 12.5. The third kappa shape index (κ3) is 1.58. The fraction of sp³-hybridized carbons (Fsp3) is 0.0476. The van der Waals surface area contributed by atoms with Crippen LogP contribution in [-0.2, 0) is 0 Å². The zero-order valence-electron chi connectivity index (χ0n) is 12.8. The standard InChI is InChI=1S/C21H15NO/c1-23-21-12-6-11-19-17(21)13-20-16-9-3-2-7-14(16)15-8-4-5-10-18(15)22(19)20/h2-13H,1H3. The molecule has 0 atom stereocenters. The van der Waals surface area contributed by atoms with Crippen LogP contribution in [0.2, 0.25) is 0 Å². The lowest BCUT2D eigenvalue weighted by Crippen LogP contribution is -1.90. The maximum atomic E-state index is 5.57. The molecule has 110 valence electrons. The molecule has 3 aromatic carbocycles. The van der Waals surface area contributed by atoms with E-state index < -0.39 is 0 Å². The van der Waals surface area contributed by atoms with Crippen molar-refractivity contribution >= 4 is 38.1 Å². The number of pyridine rings is 1. The molecule has 0 amide bonds. The lowest BCUT2D eigenvalue weighted by molar-refractivity contribution is 0.420. The Balaban J connectivity index is 2.19. The molecular weight excluding hydrogens is 282 g/mol. The van der Waals surface area contributed by atoms with E-state index in [1.54, 1.807) is 7.11 Å². The van der Waals surface area contributed by atoms with Crippen LogP contribution in [-0.4, -0.2) is 11.5 Å². The van der Waals surface area contributed by atoms with Gasteiger partial charge in [-0.25, -0.2) is 0 Å². The Morgan fingerprint density at radius 2 is 1.22 bits per heavy atom. The Morgan fingerprint density at radius 3 is 2.00 bits per heavy atom. The molecule has 0 bridgehead atoms. The van der Waals surface area contributed by atoms with E-state index in [1.807, 2.05) is 6.07 Å². The normalized spacial score (nSPS) is 11.7. The van der Waals surface area contributed by atoms with Gasteiger partial charge in [0.25, 0.3) is 0 Å². The van der Waals surface area contributed by atoms with E-state index in [-0.39, 0.29) is 0 Å². The molecule has 5 aromatic rings. The summed E-state index contributed by atoms with van der Waals surface area (Å²) < 4.78 is 7.91. The van der Waals surface area contributed by atoms with E-state index in [0.717, 1.165) is 11.1 Å². The number of ether oxygens (including phenoxy) is 1. The van der Waals surface area contributed by atoms with Crippen LogP contribution in [0.1, 0.15) is 0 Å². The highest BCUT2D eigenvalue weighted by molar-refractivity contribution is 6.16. The summed E-state index contributed by atoms with van der Waals surface area (Å²) in [5, 5.41) is 4.98. The van der Waals surface area contributed by atoms with Crippen molar-refractivity contribution in [3.63, 3.8) is 0 Å². The number of nitrogens with zero attached hydrogens (tertiary/aromatic N) is 1. The minimum atomic E-state index is 0.916. The van der Waals surface area contributed by atoms with Gasteiger partial charge in [-0.05, 0) is 29.7 Å². The van der Waals surface area contributed by atoms with Crippen molar-refractivity contribution in [1.82, 2.24) is 4.40 Å². The van der Waals surface area contributed by atoms with Crippen molar-refractivity contribution in [2.75, 3.05) is 7.11 Å². The SMILES string of the molecule is COc1cccc2c1cc1c3ccccc3c3ccccc3n21. The first-order valence-electron chi connectivity index (χ1n) is 7.76. The summed E-state index contributed by atoms with van der Waals surface area (Å²) in [6, 6.07) is 25.7. The molecule has 2 aromatic heterocycles. The number of aromatic nitrogens is 1. The second-order valence-electron chi connectivity index (χ2n) is 5.82. The Kier molecular flexibility index (Phi) is 2.45. The number of methoxy groups -OCH3 is 1. The van der Waals surface area contributed by atoms with Gasteiger partial charge in [0, 0.05) is 16.2 Å². The molecule has 0 saturated carbocycles. The molecular formula is C21H15NO. The Hall–Kier alpha value is -3.00. The van der Waals surface area contributed by atoms with Crippen LogP contribution >= 0.6 is 0 Å². The van der Waals surface area contributed by atoms with Gasteiger partial charge >= 0.3 is 0 Å². The fourth-order valence-electron chi connectivity index (χ4n) is 3.68. The number of benzene rings is 3. The molecule has 0 saturated heterocycles. The summed E-state index contributed by atoms with van der Waals surface area (Å²) in [7, 11) is 1.73. The Morgan fingerprint density at radius 1 is 0.609 bits per heavy atom. The van der Waals surface area contributed by atoms with E-state index in [1.165, 1.54) is 32.7 Å². The van der Waals surface area contributed by atoms with Gasteiger partial charge in [0.15, 0.2) is 0 Å². The zero-order chi connectivity index (χ0) is 15.4. The second-order valence-corrected chi connectivity index (χ2v) is 5.82. The lowest BCUT2D eigenvalue weighted by Gasteiger charge is -2.09. The molecule has 2 nitrogen and oxygen atoms in total. The van der Waals surface area contributed by atoms with Crippen LogP contribution in [0, 0.1) is 0 Å². The Bertz CT molecular complexity index is 1200. The van der Waals surface area contributed by atoms with Crippen LogP contribution in [0.3, 0.4) is 0 Å². The molecule has 0 aliphatic heterocycles. The third-order valence-electron chi connectivity index (χ3n) is 4.66. The lowest BCUT2D eigenvalue weighted by atomic mass is 10.1. The van der Waals surface area contributed by atoms with Gasteiger partial charge in [0.1, 0.15) is 5.75 Å². The maximum absolute atomic E-state index is 5.57. The van der Waals surface area contributed by atoms with Gasteiger partial charge < -0.3 is 9.14 Å². The van der Waals surface area contributed by atoms with Crippen molar-refractivity contribution in [1.29, 1.82) is 0 Å². The highest BCUT2D eigenvalue weighted by Gasteiger charge is 2.13. The maximum Gasteiger partial charge on any atom is 0.128 e. The molecule has 0 radical (unpaired) electrons. The van der Waals surface area contributed by atoms with E-state index in [0.29, 0.717) is 0 Å². The number of para-hydroxylation sites is 1. The van der Waals surface area contributed by atoms with Crippen LogP contribution < -0.4 is 4.74 Å². The Labute approximate surface area is 133 Å². The van der Waals surface area contributed by atoms with Crippen LogP contribution in [0.4, 0.5) is 0 Å². The summed E-state index contributed by atoms with van der Waals surface area (Å²) in [5.41, 5.74) is 3.63. The monoisotopic (exact) mass is 297 g/mol. The topological polar surface area (TPSA) is 13.6 Å². The quantitative estimate of drug-likeness (QED) is 0.377. The molecule has 0 aliphatic carbocycles. The average Bonchev–Trinajstić information content (AvgIpc) is 3.02. The van der Waals surface area contributed by atoms with Crippen molar-refractivity contribution in [3.8, 4) is 5.75 Å². The van der Waals surface area contributed by atoms with E-state index in [4.69, 9.17) is 4.74 Å². The number of hydrogen-bond donors (Lipinski definition) is 0. The van der Waals surface area contributed by atoms with Gasteiger partial charge in [-0.3, -0.25) is 0 Å². The van der Waals surface area contributed by atoms with Crippen molar-refractivity contribution in [2.24, 2.45) is 0 Å². The predicted molar refractivity (Wildman–Crippen MR) is 96.5 cm³/mol. The van der Waals surface area contributed by atoms with E-state index in [2.05, 4.69) is 71.1 Å². The highest BCUT2D eigenvalue weighted by Crippen LogP contribution is 2.36. The summed E-state index contributed by atoms with van der Waals surface area (Å²) in [6.07, 6.45) is 0. The van der Waals surface area contributed by atoms with Crippen molar-refractivity contribution in [2.45, 2.75) is 0 Å². The van der Waals surface area contributed by atoms with Crippen LogP contribution in [0.5, 0.6) is 5.75 Å². The van der Waals surface area contributed by atoms with Crippen LogP contribution in [0.25, 0.3) is 38.1 Å². The van der Waals surface area contributed by atoms with Gasteiger partial charge in [-0.2, -0.15) is 0 Å². The van der Waals surface area contributed by atoms with E-state index >= 15 is 0 Å². The third-order valence-corrected chi connectivity index (χ3v) is 4.66. The average molecular weight is 297 g/mol. The van der Waals surface area contributed by atoms with E-state index in [9.17, 15) is 0 Å². The molecule has 0 aliphatic rings. The highest BCUT2D eigenvalue weighted by atomic mass is 16.5. The summed E-state index contributed by atoms with van der Waals surface area (Å²) in [6.45, 7) is 0. The summed E-state index contributed by atoms with van der Waals surface area (Å²) in [4.78, 5) is 0. The number of hydrogen-bond acceptors (Lipinski definition) is 1. The molecule has 0 N–H and O–H groups in total. The molecule has 0 unspecified atom stereocenters. The van der Waals surface area contributed by atoms with Crippen molar-refractivity contribution < 1.29 is 4.74 Å². The zero-order valence-corrected chi connectivity index (χ0v) is 12.8. The molecule has 2 heterocycles. The number of fused-ring (bicyclic) bond motifs is 8. The first-order chi connectivity index (χ1) is 11.4. The summed E-state index contributed by atoms with van der Waals surface area (Å²) in [5.74, 6) is 0.916. The minimum absolute atomic E-state index is 0.916. The van der Waals surface area contributed by atoms with Gasteiger partial charge in [-0.15, -0.1) is 0 Å². The van der Waals surface area contributed by atoms with Gasteiger partial charge in [0.05, 0.1) is 23.7 Å². The first-order valence-corrected chi connectivity index (χ1v) is 7.76. The van der Waals surface area contributed by atoms with Gasteiger partial charge in [-0.1, -0.05) is 48.5 Å². The minimum Gasteiger partial charge on any atom is -0.496 e. The number of rotatable bonds is 1. The summed E-state index contributed by atoms with van der Waals surface area (Å²) >= 11 is 0. The molecule has 0 fully saturated rings. The van der Waals surface area contributed by atoms with Gasteiger partial charge in [0.2, 0.25) is 0 Å². The smallest absolute Gasteiger partial charge is 0.128 e. The molecule has 23 heavy (non-hydrogen) atoms. The second kappa shape index (κ2) is 4.50. The van der Waals surface area contributed by atoms with Crippen molar-refractivity contribution in [3.05, 3.63) is 72.8 Å². The molecule has 0 spiro atoms. The predicted octanol–water partition coefficient (Wildman–Crippen LogP) is 5.41. The molecule has 2 heteroatoms. The fourth-order valence-corrected chi connectivity index (χ4v) is 3.68. The van der Waals surface area contributed by atoms with Crippen LogP contribution in [0.15, 0.2) is 72.8 Å². The molecule has 5 rings (SSSR count). The largest absolute Gasteiger partial charge is 0.496 e.